The first-order chi connectivity index (χ1) is 9.09. The second kappa shape index (κ2) is 6.47. The molecule has 1 N–H and O–H groups in total. The Bertz CT molecular complexity index is 419. The van der Waals surface area contributed by atoms with Gasteiger partial charge < -0.3 is 5.32 Å². The van der Waals surface area contributed by atoms with Crippen molar-refractivity contribution < 1.29 is 8.78 Å². The number of benzene rings is 1. The fraction of sp³-hybridized carbons (Fsp3) is 0.625. The van der Waals surface area contributed by atoms with Crippen LogP contribution in [0.25, 0.3) is 0 Å². The summed E-state index contributed by atoms with van der Waals surface area (Å²) in [6.07, 6.45) is 5.15. The van der Waals surface area contributed by atoms with Crippen molar-refractivity contribution in [1.29, 1.82) is 0 Å². The van der Waals surface area contributed by atoms with E-state index < -0.39 is 11.6 Å². The molecule has 106 valence electrons. The van der Waals surface area contributed by atoms with Gasteiger partial charge in [0.1, 0.15) is 0 Å². The lowest BCUT2D eigenvalue weighted by Gasteiger charge is -2.30. The molecule has 3 unspecified atom stereocenters. The van der Waals surface area contributed by atoms with Crippen molar-refractivity contribution >= 4 is 0 Å². The monoisotopic (exact) mass is 267 g/mol. The van der Waals surface area contributed by atoms with Crippen molar-refractivity contribution in [2.24, 2.45) is 11.8 Å². The van der Waals surface area contributed by atoms with E-state index in [1.807, 2.05) is 6.92 Å². The molecule has 1 aliphatic carbocycles. The van der Waals surface area contributed by atoms with Crippen molar-refractivity contribution in [3.8, 4) is 0 Å². The molecule has 3 heteroatoms. The molecule has 19 heavy (non-hydrogen) atoms. The summed E-state index contributed by atoms with van der Waals surface area (Å²) >= 11 is 0. The number of hydrogen-bond donors (Lipinski definition) is 1. The highest BCUT2D eigenvalue weighted by atomic mass is 19.2. The fourth-order valence-corrected chi connectivity index (χ4v) is 2.99. The molecule has 0 bridgehead atoms. The molecular formula is C16H23F2N. The van der Waals surface area contributed by atoms with E-state index in [4.69, 9.17) is 0 Å². The third-order valence-corrected chi connectivity index (χ3v) is 4.42. The van der Waals surface area contributed by atoms with Gasteiger partial charge in [-0.05, 0) is 37.8 Å². The predicted molar refractivity (Wildman–Crippen MR) is 73.9 cm³/mol. The Labute approximate surface area is 114 Å². The lowest BCUT2D eigenvalue weighted by molar-refractivity contribution is 0.242. The van der Waals surface area contributed by atoms with Gasteiger partial charge in [0.25, 0.3) is 0 Å². The van der Waals surface area contributed by atoms with Crippen molar-refractivity contribution in [2.45, 2.75) is 45.6 Å². The van der Waals surface area contributed by atoms with Crippen molar-refractivity contribution in [3.63, 3.8) is 0 Å². The SMILES string of the molecule is CC(NCC1CCCCC1C)c1cccc(F)c1F. The molecular weight excluding hydrogens is 244 g/mol. The highest BCUT2D eigenvalue weighted by molar-refractivity contribution is 5.21. The maximum absolute atomic E-state index is 13.7. The van der Waals surface area contributed by atoms with Crippen LogP contribution in [0.2, 0.25) is 0 Å². The van der Waals surface area contributed by atoms with E-state index in [2.05, 4.69) is 12.2 Å². The maximum atomic E-state index is 13.7. The third-order valence-electron chi connectivity index (χ3n) is 4.42. The van der Waals surface area contributed by atoms with Crippen LogP contribution in [0.4, 0.5) is 8.78 Å². The van der Waals surface area contributed by atoms with Gasteiger partial charge in [0.15, 0.2) is 11.6 Å². The molecule has 0 saturated heterocycles. The van der Waals surface area contributed by atoms with Gasteiger partial charge in [0, 0.05) is 11.6 Å². The summed E-state index contributed by atoms with van der Waals surface area (Å²) in [6, 6.07) is 4.23. The Morgan fingerprint density at radius 1 is 1.26 bits per heavy atom. The van der Waals surface area contributed by atoms with Crippen molar-refractivity contribution in [1.82, 2.24) is 5.32 Å². The Kier molecular flexibility index (Phi) is 4.92. The van der Waals surface area contributed by atoms with Crippen LogP contribution in [-0.4, -0.2) is 6.54 Å². The van der Waals surface area contributed by atoms with E-state index in [-0.39, 0.29) is 6.04 Å². The number of hydrogen-bond acceptors (Lipinski definition) is 1. The van der Waals surface area contributed by atoms with Crippen molar-refractivity contribution in [2.75, 3.05) is 6.54 Å². The average Bonchev–Trinajstić information content (AvgIpc) is 2.40. The summed E-state index contributed by atoms with van der Waals surface area (Å²) < 4.78 is 26.9. The van der Waals surface area contributed by atoms with Crippen LogP contribution in [0.5, 0.6) is 0 Å². The molecule has 0 spiro atoms. The van der Waals surface area contributed by atoms with Crippen LogP contribution in [-0.2, 0) is 0 Å². The average molecular weight is 267 g/mol. The molecule has 0 amide bonds. The molecule has 2 rings (SSSR count). The van der Waals surface area contributed by atoms with Gasteiger partial charge in [-0.25, -0.2) is 8.78 Å². The van der Waals surface area contributed by atoms with Crippen LogP contribution in [0.3, 0.4) is 0 Å². The Morgan fingerprint density at radius 2 is 2.00 bits per heavy atom. The van der Waals surface area contributed by atoms with Gasteiger partial charge in [-0.2, -0.15) is 0 Å². The Morgan fingerprint density at radius 3 is 2.74 bits per heavy atom. The van der Waals surface area contributed by atoms with E-state index in [1.165, 1.54) is 25.7 Å². The predicted octanol–water partition coefficient (Wildman–Crippen LogP) is 4.44. The Hall–Kier alpha value is -0.960. The molecule has 3 atom stereocenters. The number of nitrogens with one attached hydrogen (secondary N) is 1. The van der Waals surface area contributed by atoms with Gasteiger partial charge >= 0.3 is 0 Å². The smallest absolute Gasteiger partial charge is 0.163 e. The fourth-order valence-electron chi connectivity index (χ4n) is 2.99. The van der Waals surface area contributed by atoms with E-state index in [1.54, 1.807) is 12.1 Å². The molecule has 1 aliphatic rings. The number of halogens is 2. The zero-order chi connectivity index (χ0) is 13.8. The third kappa shape index (κ3) is 3.53. The van der Waals surface area contributed by atoms with Gasteiger partial charge in [-0.15, -0.1) is 0 Å². The molecule has 0 radical (unpaired) electrons. The van der Waals surface area contributed by atoms with Crippen molar-refractivity contribution in [3.05, 3.63) is 35.4 Å². The quantitative estimate of drug-likeness (QED) is 0.850. The van der Waals surface area contributed by atoms with Crippen LogP contribution >= 0.6 is 0 Å². The zero-order valence-corrected chi connectivity index (χ0v) is 11.8. The maximum Gasteiger partial charge on any atom is 0.163 e. The van der Waals surface area contributed by atoms with Crippen LogP contribution in [0, 0.1) is 23.5 Å². The summed E-state index contributed by atoms with van der Waals surface area (Å²) in [5.74, 6) is -0.102. The van der Waals surface area contributed by atoms with Gasteiger partial charge in [0.2, 0.25) is 0 Å². The summed E-state index contributed by atoms with van der Waals surface area (Å²) in [7, 11) is 0. The first-order valence-corrected chi connectivity index (χ1v) is 7.27. The number of rotatable bonds is 4. The lowest BCUT2D eigenvalue weighted by atomic mass is 9.80. The molecule has 0 aromatic heterocycles. The van der Waals surface area contributed by atoms with Gasteiger partial charge in [-0.1, -0.05) is 38.3 Å². The van der Waals surface area contributed by atoms with Gasteiger partial charge in [-0.3, -0.25) is 0 Å². The molecule has 1 fully saturated rings. The minimum absolute atomic E-state index is 0.148. The minimum Gasteiger partial charge on any atom is -0.310 e. The summed E-state index contributed by atoms with van der Waals surface area (Å²) in [5.41, 5.74) is 0.420. The first kappa shape index (κ1) is 14.4. The highest BCUT2D eigenvalue weighted by Crippen LogP contribution is 2.29. The molecule has 1 nitrogen and oxygen atoms in total. The van der Waals surface area contributed by atoms with E-state index >= 15 is 0 Å². The Balaban J connectivity index is 1.93. The van der Waals surface area contributed by atoms with Crippen LogP contribution in [0.1, 0.15) is 51.1 Å². The van der Waals surface area contributed by atoms with E-state index in [0.717, 1.165) is 18.5 Å². The van der Waals surface area contributed by atoms with Crippen LogP contribution in [0.15, 0.2) is 18.2 Å². The second-order valence-electron chi connectivity index (χ2n) is 5.79. The largest absolute Gasteiger partial charge is 0.310 e. The normalized spacial score (nSPS) is 25.3. The highest BCUT2D eigenvalue weighted by Gasteiger charge is 2.22. The summed E-state index contributed by atoms with van der Waals surface area (Å²) in [6.45, 7) is 5.07. The summed E-state index contributed by atoms with van der Waals surface area (Å²) in [4.78, 5) is 0. The van der Waals surface area contributed by atoms with Gasteiger partial charge in [0.05, 0.1) is 0 Å². The van der Waals surface area contributed by atoms with E-state index in [0.29, 0.717) is 11.5 Å². The molecule has 1 aromatic carbocycles. The van der Waals surface area contributed by atoms with E-state index in [9.17, 15) is 8.78 Å². The molecule has 0 aliphatic heterocycles. The molecule has 1 saturated carbocycles. The second-order valence-corrected chi connectivity index (χ2v) is 5.79. The zero-order valence-electron chi connectivity index (χ0n) is 11.8. The topological polar surface area (TPSA) is 12.0 Å². The molecule has 0 heterocycles. The minimum atomic E-state index is -0.766. The summed E-state index contributed by atoms with van der Waals surface area (Å²) in [5, 5.41) is 3.36. The first-order valence-electron chi connectivity index (χ1n) is 7.27. The van der Waals surface area contributed by atoms with Crippen LogP contribution < -0.4 is 5.32 Å². The standard InChI is InChI=1S/C16H23F2N/c1-11-6-3-4-7-13(11)10-19-12(2)14-8-5-9-15(17)16(14)18/h5,8-9,11-13,19H,3-4,6-7,10H2,1-2H3. The molecule has 1 aromatic rings. The lowest BCUT2D eigenvalue weighted by Crippen LogP contribution is -2.31.